The third-order valence-electron chi connectivity index (χ3n) is 3.69. The summed E-state index contributed by atoms with van der Waals surface area (Å²) in [5.41, 5.74) is 1.44. The lowest BCUT2D eigenvalue weighted by atomic mass is 10.1. The molecule has 0 spiro atoms. The van der Waals surface area contributed by atoms with E-state index in [0.29, 0.717) is 5.13 Å². The van der Waals surface area contributed by atoms with Gasteiger partial charge in [0.15, 0.2) is 15.8 Å². The smallest absolute Gasteiger partial charge is 0.387 e. The molecule has 0 aliphatic rings. The first-order chi connectivity index (χ1) is 14.5. The normalized spacial score (nSPS) is 11.1. The van der Waals surface area contributed by atoms with Crippen LogP contribution >= 0.6 is 23.1 Å². The third kappa shape index (κ3) is 6.26. The van der Waals surface area contributed by atoms with Crippen LogP contribution < -0.4 is 14.8 Å². The summed E-state index contributed by atoms with van der Waals surface area (Å²) >= 11 is 2.77. The zero-order valence-corrected chi connectivity index (χ0v) is 17.4. The van der Waals surface area contributed by atoms with Crippen molar-refractivity contribution in [1.29, 1.82) is 0 Å². The van der Waals surface area contributed by atoms with Crippen LogP contribution in [-0.2, 0) is 10.5 Å². The number of nitrogens with zero attached hydrogens (tertiary/aromatic N) is 2. The first kappa shape index (κ1) is 21.7. The van der Waals surface area contributed by atoms with Gasteiger partial charge in [0.1, 0.15) is 0 Å². The van der Waals surface area contributed by atoms with E-state index in [1.165, 1.54) is 54.5 Å². The van der Waals surface area contributed by atoms with E-state index in [2.05, 4.69) is 20.3 Å². The molecule has 1 heterocycles. The average molecular weight is 450 g/mol. The van der Waals surface area contributed by atoms with E-state index in [0.717, 1.165) is 15.7 Å². The highest BCUT2D eigenvalue weighted by Gasteiger charge is 2.14. The molecule has 0 aliphatic carbocycles. The molecule has 0 atom stereocenters. The molecule has 1 amide bonds. The van der Waals surface area contributed by atoms with Gasteiger partial charge in [0.2, 0.25) is 11.0 Å². The molecule has 6 nitrogen and oxygen atoms in total. The summed E-state index contributed by atoms with van der Waals surface area (Å²) in [6.45, 7) is -3.02. The number of nitrogens with one attached hydrogen (secondary N) is 1. The molecular weight excluding hydrogens is 432 g/mol. The summed E-state index contributed by atoms with van der Waals surface area (Å²) in [7, 11) is 1.34. The van der Waals surface area contributed by atoms with Crippen molar-refractivity contribution < 1.29 is 23.0 Å². The number of carbonyl (C=O) groups is 1. The van der Waals surface area contributed by atoms with Crippen LogP contribution in [0, 0.1) is 0 Å². The van der Waals surface area contributed by atoms with E-state index in [-0.39, 0.29) is 17.1 Å². The summed E-state index contributed by atoms with van der Waals surface area (Å²) < 4.78 is 35.6. The van der Waals surface area contributed by atoms with E-state index in [9.17, 15) is 13.6 Å². The number of benzene rings is 2. The maximum absolute atomic E-state index is 12.7. The zero-order chi connectivity index (χ0) is 21.3. The molecule has 1 N–H and O–H groups in total. The molecule has 1 aromatic heterocycles. The standard InChI is InChI=1S/C20H17F2N3O3S2/c1-27-15-9-5-8-14(17(15)28-18(21)22)10-11-16(26)23-19-24-25-20(30-19)29-12-13-6-3-2-4-7-13/h2-11,18H,12H2,1H3,(H,23,24,26)/b11-10+. The minimum atomic E-state index is -3.02. The van der Waals surface area contributed by atoms with Gasteiger partial charge in [-0.3, -0.25) is 10.1 Å². The zero-order valence-electron chi connectivity index (χ0n) is 15.7. The Balaban J connectivity index is 1.61. The van der Waals surface area contributed by atoms with Crippen LogP contribution in [0.2, 0.25) is 0 Å². The molecule has 0 bridgehead atoms. The van der Waals surface area contributed by atoms with Crippen LogP contribution in [0.1, 0.15) is 11.1 Å². The maximum Gasteiger partial charge on any atom is 0.387 e. The minimum absolute atomic E-state index is 0.141. The van der Waals surface area contributed by atoms with E-state index < -0.39 is 12.5 Å². The Morgan fingerprint density at radius 1 is 1.20 bits per heavy atom. The van der Waals surface area contributed by atoms with E-state index in [4.69, 9.17) is 4.74 Å². The van der Waals surface area contributed by atoms with Crippen molar-refractivity contribution in [3.63, 3.8) is 0 Å². The highest BCUT2D eigenvalue weighted by Crippen LogP contribution is 2.33. The largest absolute Gasteiger partial charge is 0.493 e. The molecule has 30 heavy (non-hydrogen) atoms. The SMILES string of the molecule is COc1cccc(/C=C/C(=O)Nc2nnc(SCc3ccccc3)s2)c1OC(F)F. The highest BCUT2D eigenvalue weighted by atomic mass is 32.2. The predicted molar refractivity (Wildman–Crippen MR) is 113 cm³/mol. The van der Waals surface area contributed by atoms with Crippen molar-refractivity contribution >= 4 is 40.2 Å². The summed E-state index contributed by atoms with van der Waals surface area (Å²) in [6.07, 6.45) is 2.56. The molecule has 0 radical (unpaired) electrons. The summed E-state index contributed by atoms with van der Waals surface area (Å²) in [6, 6.07) is 14.6. The summed E-state index contributed by atoms with van der Waals surface area (Å²) in [4.78, 5) is 12.2. The average Bonchev–Trinajstić information content (AvgIpc) is 3.19. The summed E-state index contributed by atoms with van der Waals surface area (Å²) in [5.74, 6) is 0.264. The van der Waals surface area contributed by atoms with Crippen LogP contribution in [-0.4, -0.2) is 29.8 Å². The quantitative estimate of drug-likeness (QED) is 0.279. The Bertz CT molecular complexity index is 1010. The number of hydrogen-bond donors (Lipinski definition) is 1. The fourth-order valence-corrected chi connectivity index (χ4v) is 4.10. The number of rotatable bonds is 9. The Labute approximate surface area is 179 Å². The van der Waals surface area contributed by atoms with Crippen molar-refractivity contribution in [1.82, 2.24) is 10.2 Å². The molecular formula is C20H17F2N3O3S2. The Morgan fingerprint density at radius 3 is 2.73 bits per heavy atom. The van der Waals surface area contributed by atoms with E-state index in [1.54, 1.807) is 6.07 Å². The number of carbonyl (C=O) groups excluding carboxylic acids is 1. The number of ether oxygens (including phenoxy) is 2. The lowest BCUT2D eigenvalue weighted by Gasteiger charge is -2.12. The Morgan fingerprint density at radius 2 is 2.00 bits per heavy atom. The molecule has 0 saturated heterocycles. The Hall–Kier alpha value is -2.98. The predicted octanol–water partition coefficient (Wildman–Crippen LogP) is 5.09. The number of alkyl halides is 2. The van der Waals surface area contributed by atoms with Gasteiger partial charge >= 0.3 is 6.61 Å². The second-order valence-corrected chi connectivity index (χ2v) is 7.93. The van der Waals surface area contributed by atoms with Crippen LogP contribution in [0.25, 0.3) is 6.08 Å². The second-order valence-electron chi connectivity index (χ2n) is 5.73. The van der Waals surface area contributed by atoms with Gasteiger partial charge in [-0.25, -0.2) is 0 Å². The molecule has 3 rings (SSSR count). The molecule has 156 valence electrons. The molecule has 10 heteroatoms. The number of hydrogen-bond acceptors (Lipinski definition) is 7. The monoisotopic (exact) mass is 449 g/mol. The minimum Gasteiger partial charge on any atom is -0.493 e. The van der Waals surface area contributed by atoms with Crippen molar-refractivity contribution in [2.75, 3.05) is 12.4 Å². The summed E-state index contributed by atoms with van der Waals surface area (Å²) in [5, 5.41) is 10.9. The van der Waals surface area contributed by atoms with Gasteiger partial charge in [-0.05, 0) is 17.7 Å². The topological polar surface area (TPSA) is 73.3 Å². The van der Waals surface area contributed by atoms with Gasteiger partial charge in [0, 0.05) is 17.4 Å². The molecule has 2 aromatic carbocycles. The lowest BCUT2D eigenvalue weighted by Crippen LogP contribution is -2.08. The second kappa shape index (κ2) is 10.7. The number of amides is 1. The van der Waals surface area contributed by atoms with Gasteiger partial charge in [0.05, 0.1) is 7.11 Å². The number of aromatic nitrogens is 2. The first-order valence-corrected chi connectivity index (χ1v) is 10.5. The van der Waals surface area contributed by atoms with Gasteiger partial charge in [-0.2, -0.15) is 8.78 Å². The molecule has 3 aromatic rings. The number of methoxy groups -OCH3 is 1. The van der Waals surface area contributed by atoms with Gasteiger partial charge in [-0.15, -0.1) is 10.2 Å². The van der Waals surface area contributed by atoms with Gasteiger partial charge < -0.3 is 9.47 Å². The van der Waals surface area contributed by atoms with Crippen molar-refractivity contribution in [3.8, 4) is 11.5 Å². The molecule has 0 saturated carbocycles. The lowest BCUT2D eigenvalue weighted by molar-refractivity contribution is -0.111. The van der Waals surface area contributed by atoms with Crippen molar-refractivity contribution in [2.45, 2.75) is 16.7 Å². The van der Waals surface area contributed by atoms with Crippen LogP contribution in [0.15, 0.2) is 58.9 Å². The molecule has 0 unspecified atom stereocenters. The van der Waals surface area contributed by atoms with E-state index in [1.807, 2.05) is 30.3 Å². The fourth-order valence-electron chi connectivity index (χ4n) is 2.39. The highest BCUT2D eigenvalue weighted by molar-refractivity contribution is 8.00. The molecule has 0 fully saturated rings. The number of halogens is 2. The molecule has 0 aliphatic heterocycles. The van der Waals surface area contributed by atoms with Gasteiger partial charge in [-0.1, -0.05) is 65.6 Å². The first-order valence-electron chi connectivity index (χ1n) is 8.66. The van der Waals surface area contributed by atoms with E-state index >= 15 is 0 Å². The van der Waals surface area contributed by atoms with Gasteiger partial charge in [0.25, 0.3) is 0 Å². The van der Waals surface area contributed by atoms with Crippen molar-refractivity contribution in [2.24, 2.45) is 0 Å². The van der Waals surface area contributed by atoms with Crippen LogP contribution in [0.3, 0.4) is 0 Å². The number of para-hydroxylation sites is 1. The van der Waals surface area contributed by atoms with Crippen molar-refractivity contribution in [3.05, 3.63) is 65.7 Å². The van der Waals surface area contributed by atoms with Crippen LogP contribution in [0.4, 0.5) is 13.9 Å². The maximum atomic E-state index is 12.7. The Kier molecular flexibility index (Phi) is 7.75. The third-order valence-corrected chi connectivity index (χ3v) is 5.74. The van der Waals surface area contributed by atoms with Crippen LogP contribution in [0.5, 0.6) is 11.5 Å². The fraction of sp³-hybridized carbons (Fsp3) is 0.150. The number of anilines is 1. The number of thioether (sulfide) groups is 1.